The summed E-state index contributed by atoms with van der Waals surface area (Å²) in [4.78, 5) is 22.3. The Kier molecular flexibility index (Phi) is 3.74. The fourth-order valence-corrected chi connectivity index (χ4v) is 3.16. The Balaban J connectivity index is 2.20. The highest BCUT2D eigenvalue weighted by atomic mass is 16.4. The second-order valence-electron chi connectivity index (χ2n) is 5.68. The summed E-state index contributed by atoms with van der Waals surface area (Å²) in [5, 5.41) is 20.5. The average molecular weight is 308 g/mol. The molecule has 0 aliphatic heterocycles. The van der Waals surface area contributed by atoms with Gasteiger partial charge in [0.2, 0.25) is 0 Å². The molecule has 1 aliphatic carbocycles. The summed E-state index contributed by atoms with van der Waals surface area (Å²) in [6.45, 7) is 1.49. The van der Waals surface area contributed by atoms with Gasteiger partial charge in [-0.3, -0.25) is 0 Å². The molecule has 0 heterocycles. The van der Waals surface area contributed by atoms with Crippen molar-refractivity contribution in [3.8, 4) is 0 Å². The molecule has 3 rings (SSSR count). The Morgan fingerprint density at radius 2 is 1.74 bits per heavy atom. The zero-order chi connectivity index (χ0) is 16.6. The number of hydrogen-bond acceptors (Lipinski definition) is 2. The van der Waals surface area contributed by atoms with E-state index in [0.29, 0.717) is 0 Å². The summed E-state index contributed by atoms with van der Waals surface area (Å²) in [6, 6.07) is 9.99. The molecule has 0 saturated heterocycles. The molecule has 0 amide bonds. The van der Waals surface area contributed by atoms with Crippen molar-refractivity contribution < 1.29 is 19.8 Å². The van der Waals surface area contributed by atoms with Crippen LogP contribution in [0.3, 0.4) is 0 Å². The molecule has 2 N–H and O–H groups in total. The molecule has 0 fully saturated rings. The lowest BCUT2D eigenvalue weighted by Crippen LogP contribution is -2.04. The van der Waals surface area contributed by atoms with Gasteiger partial charge in [0.1, 0.15) is 0 Å². The number of carboxylic acids is 2. The van der Waals surface area contributed by atoms with Crippen LogP contribution >= 0.6 is 0 Å². The molecule has 0 atom stereocenters. The second kappa shape index (κ2) is 5.72. The zero-order valence-corrected chi connectivity index (χ0v) is 12.7. The van der Waals surface area contributed by atoms with Crippen LogP contribution in [0.2, 0.25) is 0 Å². The molecule has 0 spiro atoms. The molecule has 0 unspecified atom stereocenters. The lowest BCUT2D eigenvalue weighted by Gasteiger charge is -2.08. The highest BCUT2D eigenvalue weighted by molar-refractivity contribution is 6.03. The molecule has 4 nitrogen and oxygen atoms in total. The summed E-state index contributed by atoms with van der Waals surface area (Å²) in [5.74, 6) is -2.29. The SMILES string of the molecule is CC(=C\C(=O)O)/C(=C\c1ccc2c3c(cccc13)CC2)C(=O)O. The third-order valence-corrected chi connectivity index (χ3v) is 4.21. The van der Waals surface area contributed by atoms with Crippen molar-refractivity contribution in [3.05, 3.63) is 64.2 Å². The van der Waals surface area contributed by atoms with E-state index in [1.54, 1.807) is 6.08 Å². The first-order valence-electron chi connectivity index (χ1n) is 7.37. The highest BCUT2D eigenvalue weighted by Gasteiger charge is 2.17. The van der Waals surface area contributed by atoms with Gasteiger partial charge in [0.25, 0.3) is 0 Å². The molecule has 2 aromatic carbocycles. The van der Waals surface area contributed by atoms with E-state index in [2.05, 4.69) is 6.07 Å². The van der Waals surface area contributed by atoms with Crippen LogP contribution in [0.1, 0.15) is 23.6 Å². The van der Waals surface area contributed by atoms with Crippen LogP contribution in [0.5, 0.6) is 0 Å². The van der Waals surface area contributed by atoms with E-state index >= 15 is 0 Å². The number of aryl methyl sites for hydroxylation is 2. The predicted molar refractivity (Wildman–Crippen MR) is 88.4 cm³/mol. The summed E-state index contributed by atoms with van der Waals surface area (Å²) < 4.78 is 0. The Hall–Kier alpha value is -2.88. The third kappa shape index (κ3) is 2.75. The maximum absolute atomic E-state index is 11.5. The van der Waals surface area contributed by atoms with Gasteiger partial charge in [0.15, 0.2) is 0 Å². The molecule has 4 heteroatoms. The topological polar surface area (TPSA) is 74.6 Å². The normalized spacial score (nSPS) is 14.3. The number of carbonyl (C=O) groups is 2. The maximum Gasteiger partial charge on any atom is 0.335 e. The van der Waals surface area contributed by atoms with Crippen molar-refractivity contribution in [2.75, 3.05) is 0 Å². The van der Waals surface area contributed by atoms with Crippen LogP contribution in [-0.4, -0.2) is 22.2 Å². The number of hydrogen-bond donors (Lipinski definition) is 2. The van der Waals surface area contributed by atoms with E-state index in [1.807, 2.05) is 24.3 Å². The van der Waals surface area contributed by atoms with Crippen molar-refractivity contribution in [1.29, 1.82) is 0 Å². The fourth-order valence-electron chi connectivity index (χ4n) is 3.16. The third-order valence-electron chi connectivity index (χ3n) is 4.21. The van der Waals surface area contributed by atoms with E-state index in [1.165, 1.54) is 23.4 Å². The average Bonchev–Trinajstić information content (AvgIpc) is 2.90. The molecule has 0 saturated carbocycles. The highest BCUT2D eigenvalue weighted by Crippen LogP contribution is 2.34. The van der Waals surface area contributed by atoms with Gasteiger partial charge in [-0.15, -0.1) is 0 Å². The summed E-state index contributed by atoms with van der Waals surface area (Å²) in [7, 11) is 0. The van der Waals surface area contributed by atoms with E-state index in [-0.39, 0.29) is 11.1 Å². The predicted octanol–water partition coefficient (Wildman–Crippen LogP) is 3.44. The van der Waals surface area contributed by atoms with Crippen LogP contribution in [0, 0.1) is 0 Å². The lowest BCUT2D eigenvalue weighted by molar-refractivity contribution is -0.132. The Labute approximate surface area is 133 Å². The van der Waals surface area contributed by atoms with Crippen molar-refractivity contribution >= 4 is 28.8 Å². The smallest absolute Gasteiger partial charge is 0.335 e. The Morgan fingerprint density at radius 1 is 1.04 bits per heavy atom. The molecule has 2 aromatic rings. The molecule has 0 bridgehead atoms. The van der Waals surface area contributed by atoms with Crippen LogP contribution in [0.25, 0.3) is 16.8 Å². The first-order valence-corrected chi connectivity index (χ1v) is 7.37. The van der Waals surface area contributed by atoms with E-state index < -0.39 is 11.9 Å². The summed E-state index contributed by atoms with van der Waals surface area (Å²) >= 11 is 0. The van der Waals surface area contributed by atoms with Gasteiger partial charge < -0.3 is 10.2 Å². The zero-order valence-electron chi connectivity index (χ0n) is 12.7. The minimum absolute atomic E-state index is 0.00824. The number of rotatable bonds is 4. The van der Waals surface area contributed by atoms with Crippen LogP contribution < -0.4 is 0 Å². The quantitative estimate of drug-likeness (QED) is 0.670. The maximum atomic E-state index is 11.5. The number of carboxylic acid groups (broad SMARTS) is 2. The van der Waals surface area contributed by atoms with E-state index in [4.69, 9.17) is 5.11 Å². The minimum Gasteiger partial charge on any atom is -0.478 e. The van der Waals surface area contributed by atoms with Gasteiger partial charge in [-0.05, 0) is 58.9 Å². The minimum atomic E-state index is -1.16. The molecule has 0 radical (unpaired) electrons. The van der Waals surface area contributed by atoms with E-state index in [9.17, 15) is 14.7 Å². The molecule has 0 aromatic heterocycles. The molecular formula is C19H16O4. The molecule has 23 heavy (non-hydrogen) atoms. The van der Waals surface area contributed by atoms with Gasteiger partial charge in [0, 0.05) is 6.08 Å². The Bertz CT molecular complexity index is 877. The van der Waals surface area contributed by atoms with Gasteiger partial charge in [-0.1, -0.05) is 30.3 Å². The number of aliphatic carboxylic acids is 2. The van der Waals surface area contributed by atoms with Gasteiger partial charge in [-0.2, -0.15) is 0 Å². The first kappa shape index (κ1) is 15.0. The first-order chi connectivity index (χ1) is 11.0. The van der Waals surface area contributed by atoms with E-state index in [0.717, 1.165) is 29.9 Å². The van der Waals surface area contributed by atoms with Gasteiger partial charge in [-0.25, -0.2) is 9.59 Å². The molecule has 116 valence electrons. The van der Waals surface area contributed by atoms with Crippen molar-refractivity contribution in [1.82, 2.24) is 0 Å². The van der Waals surface area contributed by atoms with Gasteiger partial charge >= 0.3 is 11.9 Å². The summed E-state index contributed by atoms with van der Waals surface area (Å²) in [5.41, 5.74) is 3.56. The second-order valence-corrected chi connectivity index (χ2v) is 5.68. The Morgan fingerprint density at radius 3 is 2.39 bits per heavy atom. The molecular weight excluding hydrogens is 292 g/mol. The summed E-state index contributed by atoms with van der Waals surface area (Å²) in [6.07, 6.45) is 4.48. The van der Waals surface area contributed by atoms with Crippen molar-refractivity contribution in [2.45, 2.75) is 19.8 Å². The molecule has 1 aliphatic rings. The fraction of sp³-hybridized carbons (Fsp3) is 0.158. The van der Waals surface area contributed by atoms with Crippen LogP contribution in [0.15, 0.2) is 47.6 Å². The largest absolute Gasteiger partial charge is 0.478 e. The van der Waals surface area contributed by atoms with Crippen LogP contribution in [-0.2, 0) is 22.4 Å². The van der Waals surface area contributed by atoms with Crippen molar-refractivity contribution in [2.24, 2.45) is 0 Å². The van der Waals surface area contributed by atoms with Crippen LogP contribution in [0.4, 0.5) is 0 Å². The lowest BCUT2D eigenvalue weighted by atomic mass is 9.97. The standard InChI is InChI=1S/C19H16O4/c1-11(9-17(20)21)16(19(22)23)10-14-8-7-13-6-5-12-3-2-4-15(14)18(12)13/h2-4,7-10H,5-6H2,1H3,(H,20,21)(H,22,23)/b11-9+,16-10+. The monoisotopic (exact) mass is 308 g/mol. The van der Waals surface area contributed by atoms with Gasteiger partial charge in [0.05, 0.1) is 5.57 Å². The van der Waals surface area contributed by atoms with Crippen molar-refractivity contribution in [3.63, 3.8) is 0 Å². The number of benzene rings is 2.